The Labute approximate surface area is 258 Å². The number of nitrogens with zero attached hydrogens (tertiary/aromatic N) is 3. The lowest BCUT2D eigenvalue weighted by Crippen LogP contribution is -2.44. The van der Waals surface area contributed by atoms with Gasteiger partial charge < -0.3 is 25.8 Å². The second-order valence-corrected chi connectivity index (χ2v) is 11.4. The van der Waals surface area contributed by atoms with Crippen LogP contribution in [-0.4, -0.2) is 48.1 Å². The van der Waals surface area contributed by atoms with Gasteiger partial charge in [-0.25, -0.2) is 0 Å². The lowest BCUT2D eigenvalue weighted by Gasteiger charge is -2.34. The fourth-order valence-electron chi connectivity index (χ4n) is 6.03. The molecule has 0 amide bonds. The summed E-state index contributed by atoms with van der Waals surface area (Å²) in [5.41, 5.74) is 16.3. The maximum absolute atomic E-state index is 6.52. The fraction of sp³-hybridized carbons (Fsp3) is 0.378. The SMILES string of the molecule is C=C/C(=C\C(=C/C)c1ccc(N)c(C(=C)c2cc3c(N4CCN(C)CC4)cncc3[nH]2)c1)NC(=C)C1CCCCC1.CC. The van der Waals surface area contributed by atoms with Crippen molar-refractivity contribution in [3.8, 4) is 0 Å². The van der Waals surface area contributed by atoms with Gasteiger partial charge in [0, 0.05) is 65.5 Å². The second-order valence-electron chi connectivity index (χ2n) is 11.4. The van der Waals surface area contributed by atoms with Crippen molar-refractivity contribution in [3.63, 3.8) is 0 Å². The molecule has 228 valence electrons. The van der Waals surface area contributed by atoms with Crippen LogP contribution in [0.3, 0.4) is 0 Å². The number of piperazine rings is 1. The Hall–Kier alpha value is -4.03. The smallest absolute Gasteiger partial charge is 0.0666 e. The van der Waals surface area contributed by atoms with Gasteiger partial charge in [-0.15, -0.1) is 0 Å². The van der Waals surface area contributed by atoms with E-state index in [0.29, 0.717) is 11.6 Å². The summed E-state index contributed by atoms with van der Waals surface area (Å²) >= 11 is 0. The normalized spacial score (nSPS) is 16.9. The zero-order valence-electron chi connectivity index (χ0n) is 26.7. The molecule has 2 aromatic heterocycles. The van der Waals surface area contributed by atoms with E-state index in [1.54, 1.807) is 0 Å². The second kappa shape index (κ2) is 14.9. The van der Waals surface area contributed by atoms with Crippen molar-refractivity contribution in [1.29, 1.82) is 0 Å². The summed E-state index contributed by atoms with van der Waals surface area (Å²) in [4.78, 5) is 12.9. The third kappa shape index (κ3) is 7.49. The highest BCUT2D eigenvalue weighted by atomic mass is 15.2. The van der Waals surface area contributed by atoms with Crippen LogP contribution in [-0.2, 0) is 0 Å². The van der Waals surface area contributed by atoms with E-state index < -0.39 is 0 Å². The maximum atomic E-state index is 6.52. The van der Waals surface area contributed by atoms with Crippen molar-refractivity contribution in [2.24, 2.45) is 5.92 Å². The number of aromatic amines is 1. The Morgan fingerprint density at radius 2 is 1.77 bits per heavy atom. The molecule has 5 rings (SSSR count). The molecule has 0 radical (unpaired) electrons. The average molecular weight is 579 g/mol. The first kappa shape index (κ1) is 31.9. The van der Waals surface area contributed by atoms with Gasteiger partial charge in [0.15, 0.2) is 0 Å². The molecule has 0 bridgehead atoms. The Kier molecular flexibility index (Phi) is 11.1. The number of nitrogens with two attached hydrogens (primary N) is 1. The van der Waals surface area contributed by atoms with Crippen molar-refractivity contribution in [2.45, 2.75) is 52.9 Å². The number of aromatic nitrogens is 2. The molecule has 2 fully saturated rings. The van der Waals surface area contributed by atoms with Crippen LogP contribution in [0.15, 0.2) is 86.0 Å². The first-order chi connectivity index (χ1) is 20.9. The van der Waals surface area contributed by atoms with E-state index in [1.807, 2.05) is 38.4 Å². The molecule has 2 aliphatic rings. The van der Waals surface area contributed by atoms with Gasteiger partial charge >= 0.3 is 0 Å². The summed E-state index contributed by atoms with van der Waals surface area (Å²) < 4.78 is 0. The van der Waals surface area contributed by atoms with Crippen molar-refractivity contribution in [2.75, 3.05) is 43.9 Å². The predicted octanol–water partition coefficient (Wildman–Crippen LogP) is 8.14. The third-order valence-electron chi connectivity index (χ3n) is 8.65. The Bertz CT molecular complexity index is 1490. The molecule has 43 heavy (non-hydrogen) atoms. The molecule has 0 unspecified atom stereocenters. The van der Waals surface area contributed by atoms with Crippen LogP contribution in [0.2, 0.25) is 0 Å². The fourth-order valence-corrected chi connectivity index (χ4v) is 6.03. The lowest BCUT2D eigenvalue weighted by molar-refractivity contribution is 0.313. The van der Waals surface area contributed by atoms with E-state index in [4.69, 9.17) is 5.73 Å². The lowest BCUT2D eigenvalue weighted by atomic mass is 9.87. The van der Waals surface area contributed by atoms with Gasteiger partial charge in [0.1, 0.15) is 0 Å². The van der Waals surface area contributed by atoms with E-state index in [1.165, 1.54) is 32.1 Å². The monoisotopic (exact) mass is 578 g/mol. The summed E-state index contributed by atoms with van der Waals surface area (Å²) in [7, 11) is 2.17. The summed E-state index contributed by atoms with van der Waals surface area (Å²) in [5.74, 6) is 0.524. The van der Waals surface area contributed by atoms with E-state index in [9.17, 15) is 0 Å². The highest BCUT2D eigenvalue weighted by Crippen LogP contribution is 2.34. The molecule has 4 N–H and O–H groups in total. The first-order valence-corrected chi connectivity index (χ1v) is 15.8. The zero-order valence-corrected chi connectivity index (χ0v) is 26.7. The molecule has 6 heteroatoms. The minimum Gasteiger partial charge on any atom is -0.398 e. The molecular weight excluding hydrogens is 528 g/mol. The highest BCUT2D eigenvalue weighted by Gasteiger charge is 2.20. The van der Waals surface area contributed by atoms with Crippen LogP contribution in [0.4, 0.5) is 11.4 Å². The number of hydrogen-bond donors (Lipinski definition) is 3. The Morgan fingerprint density at radius 1 is 1.05 bits per heavy atom. The summed E-state index contributed by atoms with van der Waals surface area (Å²) in [6, 6.07) is 8.35. The van der Waals surface area contributed by atoms with Crippen molar-refractivity contribution in [1.82, 2.24) is 20.2 Å². The highest BCUT2D eigenvalue weighted by molar-refractivity contribution is 5.97. The summed E-state index contributed by atoms with van der Waals surface area (Å²) in [6.45, 7) is 23.0. The number of nitrogens with one attached hydrogen (secondary N) is 2. The largest absolute Gasteiger partial charge is 0.398 e. The predicted molar refractivity (Wildman–Crippen MR) is 187 cm³/mol. The van der Waals surface area contributed by atoms with Crippen LogP contribution < -0.4 is 16.0 Å². The Balaban J connectivity index is 0.00000207. The van der Waals surface area contributed by atoms with Crippen LogP contribution in [0, 0.1) is 5.92 Å². The number of benzene rings is 1. The number of pyridine rings is 1. The number of allylic oxidation sites excluding steroid dienone is 5. The third-order valence-corrected chi connectivity index (χ3v) is 8.65. The van der Waals surface area contributed by atoms with Crippen LogP contribution in [0.1, 0.15) is 69.7 Å². The molecule has 1 aromatic carbocycles. The van der Waals surface area contributed by atoms with Crippen molar-refractivity contribution in [3.05, 3.63) is 103 Å². The van der Waals surface area contributed by atoms with E-state index in [2.05, 4.69) is 89.1 Å². The molecular formula is C37H50N6. The number of anilines is 2. The molecule has 6 nitrogen and oxygen atoms in total. The number of nitrogen functional groups attached to an aromatic ring is 1. The van der Waals surface area contributed by atoms with Crippen LogP contribution in [0.25, 0.3) is 22.0 Å². The quantitative estimate of drug-likeness (QED) is 0.177. The minimum atomic E-state index is 0.524. The van der Waals surface area contributed by atoms with Gasteiger partial charge in [0.05, 0.1) is 23.6 Å². The van der Waals surface area contributed by atoms with Gasteiger partial charge in [-0.3, -0.25) is 4.98 Å². The number of fused-ring (bicyclic) bond motifs is 1. The minimum absolute atomic E-state index is 0.524. The molecule has 1 saturated carbocycles. The van der Waals surface area contributed by atoms with Crippen molar-refractivity contribution >= 4 is 33.4 Å². The topological polar surface area (TPSA) is 73.2 Å². The first-order valence-electron chi connectivity index (χ1n) is 15.8. The van der Waals surface area contributed by atoms with Gasteiger partial charge in [0.2, 0.25) is 0 Å². The molecule has 1 saturated heterocycles. The summed E-state index contributed by atoms with van der Waals surface area (Å²) in [5, 5.41) is 4.70. The molecule has 1 aliphatic carbocycles. The number of hydrogen-bond acceptors (Lipinski definition) is 5. The van der Waals surface area contributed by atoms with Crippen molar-refractivity contribution < 1.29 is 0 Å². The van der Waals surface area contributed by atoms with Gasteiger partial charge in [-0.2, -0.15) is 0 Å². The molecule has 1 aliphatic heterocycles. The number of rotatable bonds is 9. The van der Waals surface area contributed by atoms with Gasteiger partial charge in [-0.05, 0) is 74.2 Å². The van der Waals surface area contributed by atoms with E-state index in [-0.39, 0.29) is 0 Å². The van der Waals surface area contributed by atoms with E-state index >= 15 is 0 Å². The molecule has 0 atom stereocenters. The number of likely N-dealkylation sites (N-methyl/N-ethyl adjacent to an activating group) is 1. The maximum Gasteiger partial charge on any atom is 0.0666 e. The zero-order chi connectivity index (χ0) is 30.9. The van der Waals surface area contributed by atoms with Gasteiger partial charge in [-0.1, -0.05) is 65.0 Å². The van der Waals surface area contributed by atoms with Gasteiger partial charge in [0.25, 0.3) is 0 Å². The van der Waals surface area contributed by atoms with Crippen LogP contribution in [0.5, 0.6) is 0 Å². The molecule has 0 spiro atoms. The van der Waals surface area contributed by atoms with Crippen LogP contribution >= 0.6 is 0 Å². The average Bonchev–Trinajstić information content (AvgIpc) is 3.49. The number of H-pyrrole nitrogens is 1. The summed E-state index contributed by atoms with van der Waals surface area (Å²) in [6.07, 6.45) is 16.3. The van der Waals surface area contributed by atoms with E-state index in [0.717, 1.165) is 82.1 Å². The molecule has 3 heterocycles. The standard InChI is InChI=1S/C35H44N6.C2H6/c1-6-26(19-29(7-2)38-25(4)27-11-9-8-10-12-27)28-13-14-32(36)30(20-28)24(3)33-21-31-34(39-33)22-37-23-35(31)41-17-15-40(5)16-18-41;1-2/h6-7,13-14,19-23,27,38-39H,2-4,8-12,15-18,36H2,1,5H3;1-2H3/b26-6+,29-19+;. The molecule has 3 aromatic rings. The Morgan fingerprint density at radius 3 is 2.44 bits per heavy atom.